The lowest BCUT2D eigenvalue weighted by Crippen LogP contribution is -2.52. The summed E-state index contributed by atoms with van der Waals surface area (Å²) in [5, 5.41) is 19.5. The molecule has 2 aliphatic carbocycles. The highest BCUT2D eigenvalue weighted by Gasteiger charge is 2.54. The summed E-state index contributed by atoms with van der Waals surface area (Å²) in [6, 6.07) is 0. The molecule has 2 rings (SSSR count). The van der Waals surface area contributed by atoms with Crippen LogP contribution in [0, 0.1) is 28.6 Å². The van der Waals surface area contributed by atoms with Crippen LogP contribution in [0.25, 0.3) is 0 Å². The first-order valence-corrected chi connectivity index (χ1v) is 9.16. The molecule has 0 spiro atoms. The fourth-order valence-corrected chi connectivity index (χ4v) is 5.57. The monoisotopic (exact) mass is 322 g/mol. The lowest BCUT2D eigenvalue weighted by molar-refractivity contribution is -0.138. The topological polar surface area (TPSA) is 57.5 Å². The van der Waals surface area contributed by atoms with Gasteiger partial charge in [-0.05, 0) is 66.3 Å². The van der Waals surface area contributed by atoms with Gasteiger partial charge in [0.1, 0.15) is 0 Å². The van der Waals surface area contributed by atoms with E-state index in [1.807, 2.05) is 6.92 Å². The minimum Gasteiger partial charge on any atom is -0.481 e. The van der Waals surface area contributed by atoms with Crippen LogP contribution >= 0.6 is 0 Å². The average molecular weight is 322 g/mol. The highest BCUT2D eigenvalue weighted by Crippen LogP contribution is 2.61. The van der Waals surface area contributed by atoms with Crippen molar-refractivity contribution in [2.75, 3.05) is 0 Å². The molecule has 2 saturated carbocycles. The van der Waals surface area contributed by atoms with E-state index in [9.17, 15) is 9.90 Å². The summed E-state index contributed by atoms with van der Waals surface area (Å²) in [6.07, 6.45) is 6.19. The Morgan fingerprint density at radius 1 is 1.35 bits per heavy atom. The van der Waals surface area contributed by atoms with Gasteiger partial charge in [-0.1, -0.05) is 40.7 Å². The van der Waals surface area contributed by atoms with Gasteiger partial charge in [0.15, 0.2) is 0 Å². The van der Waals surface area contributed by atoms with Crippen molar-refractivity contribution in [2.45, 2.75) is 78.7 Å². The first-order chi connectivity index (χ1) is 10.6. The highest BCUT2D eigenvalue weighted by molar-refractivity contribution is 5.66. The number of aliphatic carboxylic acids is 1. The fraction of sp³-hybridized carbons (Fsp3) is 0.850. The molecule has 0 aromatic heterocycles. The lowest BCUT2D eigenvalue weighted by atomic mass is 9.46. The van der Waals surface area contributed by atoms with E-state index in [1.165, 1.54) is 19.3 Å². The summed E-state index contributed by atoms with van der Waals surface area (Å²) < 4.78 is 0. The molecule has 0 saturated heterocycles. The van der Waals surface area contributed by atoms with Gasteiger partial charge in [-0.2, -0.15) is 0 Å². The molecule has 0 aromatic rings. The van der Waals surface area contributed by atoms with Crippen molar-refractivity contribution >= 4 is 5.97 Å². The molecule has 23 heavy (non-hydrogen) atoms. The van der Waals surface area contributed by atoms with Gasteiger partial charge in [-0.25, -0.2) is 0 Å². The van der Waals surface area contributed by atoms with E-state index >= 15 is 0 Å². The van der Waals surface area contributed by atoms with Gasteiger partial charge in [0.2, 0.25) is 0 Å². The molecule has 0 amide bonds. The Hall–Kier alpha value is -0.830. The summed E-state index contributed by atoms with van der Waals surface area (Å²) in [5.41, 5.74) is 1.45. The predicted molar refractivity (Wildman–Crippen MR) is 93.1 cm³/mol. The molecule has 0 radical (unpaired) electrons. The second kappa shape index (κ2) is 6.58. The average Bonchev–Trinajstić information content (AvgIpc) is 2.40. The molecule has 0 bridgehead atoms. The molecule has 0 heterocycles. The van der Waals surface area contributed by atoms with E-state index in [0.717, 1.165) is 24.8 Å². The number of carboxylic acids is 1. The Kier molecular flexibility index (Phi) is 5.30. The standard InChI is InChI=1S/C20H34O3/c1-13(11-18(22)23)7-8-15-14(2)16(21)12-17-19(3,4)9-6-10-20(15,17)5/h13,15-17,21H,2,6-12H2,1,3-5H3,(H,22,23)/t13-,15-,16+,17-,20-/m0/s1. The van der Waals surface area contributed by atoms with Gasteiger partial charge < -0.3 is 10.2 Å². The van der Waals surface area contributed by atoms with Crippen LogP contribution in [0.4, 0.5) is 0 Å². The molecule has 3 heteroatoms. The van der Waals surface area contributed by atoms with Gasteiger partial charge in [0.05, 0.1) is 6.10 Å². The second-order valence-corrected chi connectivity index (χ2v) is 9.06. The molecular weight excluding hydrogens is 288 g/mol. The first kappa shape index (κ1) is 18.5. The Morgan fingerprint density at radius 2 is 2.00 bits per heavy atom. The Labute approximate surface area is 141 Å². The largest absolute Gasteiger partial charge is 0.481 e. The maximum Gasteiger partial charge on any atom is 0.303 e. The molecule has 5 atom stereocenters. The first-order valence-electron chi connectivity index (χ1n) is 9.16. The van der Waals surface area contributed by atoms with Crippen molar-refractivity contribution in [1.82, 2.24) is 0 Å². The van der Waals surface area contributed by atoms with Gasteiger partial charge in [0.25, 0.3) is 0 Å². The second-order valence-electron chi connectivity index (χ2n) is 9.06. The van der Waals surface area contributed by atoms with Gasteiger partial charge >= 0.3 is 5.97 Å². The van der Waals surface area contributed by atoms with Gasteiger partial charge in [-0.15, -0.1) is 0 Å². The van der Waals surface area contributed by atoms with Crippen LogP contribution in [-0.4, -0.2) is 22.3 Å². The maximum absolute atomic E-state index is 10.9. The number of rotatable bonds is 5. The van der Waals surface area contributed by atoms with Crippen molar-refractivity contribution in [3.8, 4) is 0 Å². The highest BCUT2D eigenvalue weighted by atomic mass is 16.4. The van der Waals surface area contributed by atoms with E-state index in [-0.39, 0.29) is 23.2 Å². The Morgan fingerprint density at radius 3 is 2.61 bits per heavy atom. The zero-order chi connectivity index (χ0) is 17.4. The zero-order valence-electron chi connectivity index (χ0n) is 15.3. The maximum atomic E-state index is 10.9. The SMILES string of the molecule is C=C1[C@H](O)C[C@H]2C(C)(C)CCC[C@@]2(C)[C@H]1CC[C@H](C)CC(=O)O. The van der Waals surface area contributed by atoms with Gasteiger partial charge in [-0.3, -0.25) is 4.79 Å². The Bertz CT molecular complexity index is 468. The lowest BCUT2D eigenvalue weighted by Gasteiger charge is -2.59. The van der Waals surface area contributed by atoms with Gasteiger partial charge in [0, 0.05) is 6.42 Å². The molecule has 3 nitrogen and oxygen atoms in total. The summed E-state index contributed by atoms with van der Waals surface area (Å²) >= 11 is 0. The number of aliphatic hydroxyl groups excluding tert-OH is 1. The van der Waals surface area contributed by atoms with Crippen LogP contribution < -0.4 is 0 Å². The number of aliphatic hydroxyl groups is 1. The minimum atomic E-state index is -0.720. The van der Waals surface area contributed by atoms with E-state index in [0.29, 0.717) is 11.8 Å². The van der Waals surface area contributed by atoms with Crippen molar-refractivity contribution in [1.29, 1.82) is 0 Å². The fourth-order valence-electron chi connectivity index (χ4n) is 5.57. The van der Waals surface area contributed by atoms with Crippen LogP contribution in [-0.2, 0) is 4.79 Å². The van der Waals surface area contributed by atoms with Crippen LogP contribution in [0.1, 0.15) is 72.6 Å². The Balaban J connectivity index is 2.17. The van der Waals surface area contributed by atoms with Crippen LogP contribution in [0.5, 0.6) is 0 Å². The summed E-state index contributed by atoms with van der Waals surface area (Å²) in [5.74, 6) is 0.289. The molecule has 132 valence electrons. The molecule has 2 aliphatic rings. The van der Waals surface area contributed by atoms with Crippen LogP contribution in [0.3, 0.4) is 0 Å². The number of hydrogen-bond acceptors (Lipinski definition) is 2. The summed E-state index contributed by atoms with van der Waals surface area (Å²) in [4.78, 5) is 10.9. The smallest absolute Gasteiger partial charge is 0.303 e. The van der Waals surface area contributed by atoms with E-state index in [4.69, 9.17) is 5.11 Å². The number of carboxylic acid groups (broad SMARTS) is 1. The van der Waals surface area contributed by atoms with Crippen molar-refractivity contribution < 1.29 is 15.0 Å². The van der Waals surface area contributed by atoms with E-state index < -0.39 is 12.1 Å². The van der Waals surface area contributed by atoms with Crippen molar-refractivity contribution in [3.63, 3.8) is 0 Å². The van der Waals surface area contributed by atoms with E-state index in [1.54, 1.807) is 0 Å². The molecule has 2 fully saturated rings. The van der Waals surface area contributed by atoms with Crippen molar-refractivity contribution in [3.05, 3.63) is 12.2 Å². The van der Waals surface area contributed by atoms with Crippen LogP contribution in [0.2, 0.25) is 0 Å². The summed E-state index contributed by atoms with van der Waals surface area (Å²) in [6.45, 7) is 13.3. The third-order valence-electron chi connectivity index (χ3n) is 6.88. The molecule has 0 unspecified atom stereocenters. The molecule has 2 N–H and O–H groups in total. The van der Waals surface area contributed by atoms with E-state index in [2.05, 4.69) is 27.4 Å². The number of hydrogen-bond donors (Lipinski definition) is 2. The predicted octanol–water partition coefficient (Wildman–Crippen LogP) is 4.65. The normalized spacial score (nSPS) is 38.0. The zero-order valence-corrected chi connectivity index (χ0v) is 15.3. The number of fused-ring (bicyclic) bond motifs is 1. The molecule has 0 aromatic carbocycles. The molecular formula is C20H34O3. The van der Waals surface area contributed by atoms with Crippen LogP contribution in [0.15, 0.2) is 12.2 Å². The quantitative estimate of drug-likeness (QED) is 0.725. The van der Waals surface area contributed by atoms with Crippen molar-refractivity contribution in [2.24, 2.45) is 28.6 Å². The third kappa shape index (κ3) is 3.65. The minimum absolute atomic E-state index is 0.179. The third-order valence-corrected chi connectivity index (χ3v) is 6.88. The summed E-state index contributed by atoms with van der Waals surface area (Å²) in [7, 11) is 0. The number of carbonyl (C=O) groups is 1. The molecule has 0 aliphatic heterocycles.